The first-order valence-electron chi connectivity index (χ1n) is 6.33. The van der Waals surface area contributed by atoms with Crippen LogP contribution in [0.4, 0.5) is 5.95 Å². The van der Waals surface area contributed by atoms with Crippen molar-refractivity contribution < 1.29 is 0 Å². The van der Waals surface area contributed by atoms with Crippen molar-refractivity contribution in [3.63, 3.8) is 0 Å². The van der Waals surface area contributed by atoms with Crippen LogP contribution in [0.1, 0.15) is 32.6 Å². The predicted octanol–water partition coefficient (Wildman–Crippen LogP) is 1.61. The van der Waals surface area contributed by atoms with Crippen molar-refractivity contribution in [1.82, 2.24) is 9.55 Å². The van der Waals surface area contributed by atoms with Crippen molar-refractivity contribution >= 4 is 5.95 Å². The van der Waals surface area contributed by atoms with Gasteiger partial charge in [0.25, 0.3) is 0 Å². The molecule has 0 spiro atoms. The molecule has 2 N–H and O–H groups in total. The van der Waals surface area contributed by atoms with Crippen LogP contribution in [0, 0.1) is 0 Å². The summed E-state index contributed by atoms with van der Waals surface area (Å²) in [6.45, 7) is 5.39. The molecule has 16 heavy (non-hydrogen) atoms. The number of nitrogens with two attached hydrogens (primary N) is 1. The zero-order valence-corrected chi connectivity index (χ0v) is 10.1. The largest absolute Gasteiger partial charge is 0.342 e. The smallest absolute Gasteiger partial charge is 0.205 e. The number of hydrogen-bond donors (Lipinski definition) is 1. The van der Waals surface area contributed by atoms with Crippen LogP contribution >= 0.6 is 0 Å². The summed E-state index contributed by atoms with van der Waals surface area (Å²) in [5.41, 5.74) is 5.91. The normalized spacial score (nSPS) is 18.0. The van der Waals surface area contributed by atoms with E-state index in [1.807, 2.05) is 6.20 Å². The number of unbranched alkanes of at least 4 members (excludes halogenated alkanes) is 1. The third-order valence-corrected chi connectivity index (χ3v) is 3.27. The fraction of sp³-hybridized carbons (Fsp3) is 0.750. The quantitative estimate of drug-likeness (QED) is 0.842. The fourth-order valence-electron chi connectivity index (χ4n) is 2.19. The first kappa shape index (κ1) is 11.5. The summed E-state index contributed by atoms with van der Waals surface area (Å²) in [5, 5.41) is 0. The number of rotatable bonds is 4. The molecule has 0 amide bonds. The van der Waals surface area contributed by atoms with Crippen LogP contribution in [-0.2, 0) is 6.54 Å². The summed E-state index contributed by atoms with van der Waals surface area (Å²) < 4.78 is 2.26. The first-order chi connectivity index (χ1) is 7.81. The van der Waals surface area contributed by atoms with Crippen molar-refractivity contribution in [3.8, 4) is 0 Å². The fourth-order valence-corrected chi connectivity index (χ4v) is 2.19. The lowest BCUT2D eigenvalue weighted by Gasteiger charge is -2.31. The molecule has 1 fully saturated rings. The molecule has 2 heterocycles. The third kappa shape index (κ3) is 2.55. The minimum Gasteiger partial charge on any atom is -0.342 e. The summed E-state index contributed by atoms with van der Waals surface area (Å²) >= 11 is 0. The number of aryl methyl sites for hydroxylation is 1. The van der Waals surface area contributed by atoms with E-state index in [1.54, 1.807) is 0 Å². The molecule has 4 nitrogen and oxygen atoms in total. The number of nitrogens with zero attached hydrogens (tertiary/aromatic N) is 3. The van der Waals surface area contributed by atoms with E-state index in [9.17, 15) is 0 Å². The molecular weight excluding hydrogens is 200 g/mol. The Morgan fingerprint density at radius 3 is 2.88 bits per heavy atom. The van der Waals surface area contributed by atoms with Gasteiger partial charge >= 0.3 is 0 Å². The van der Waals surface area contributed by atoms with Gasteiger partial charge in [-0.3, -0.25) is 0 Å². The molecule has 0 unspecified atom stereocenters. The van der Waals surface area contributed by atoms with Gasteiger partial charge < -0.3 is 15.2 Å². The Morgan fingerprint density at radius 2 is 2.19 bits per heavy atom. The number of aromatic nitrogens is 2. The minimum absolute atomic E-state index is 0.385. The lowest BCUT2D eigenvalue weighted by Crippen LogP contribution is -2.40. The molecule has 1 aliphatic rings. The van der Waals surface area contributed by atoms with Crippen LogP contribution in [-0.4, -0.2) is 28.7 Å². The average Bonchev–Trinajstić information content (AvgIpc) is 2.75. The maximum atomic E-state index is 5.91. The summed E-state index contributed by atoms with van der Waals surface area (Å²) in [6, 6.07) is 0.385. The van der Waals surface area contributed by atoms with Crippen molar-refractivity contribution in [1.29, 1.82) is 0 Å². The highest BCUT2D eigenvalue weighted by Crippen LogP contribution is 2.18. The topological polar surface area (TPSA) is 47.1 Å². The van der Waals surface area contributed by atoms with E-state index in [2.05, 4.69) is 27.6 Å². The highest BCUT2D eigenvalue weighted by Gasteiger charge is 2.19. The number of imidazole rings is 1. The van der Waals surface area contributed by atoms with Crippen molar-refractivity contribution in [3.05, 3.63) is 12.4 Å². The maximum Gasteiger partial charge on any atom is 0.205 e. The highest BCUT2D eigenvalue weighted by atomic mass is 15.3. The molecule has 90 valence electrons. The van der Waals surface area contributed by atoms with Gasteiger partial charge in [0.1, 0.15) is 0 Å². The molecule has 0 radical (unpaired) electrons. The summed E-state index contributed by atoms with van der Waals surface area (Å²) in [4.78, 5) is 6.83. The van der Waals surface area contributed by atoms with Gasteiger partial charge in [-0.2, -0.15) is 0 Å². The molecule has 1 saturated heterocycles. The Morgan fingerprint density at radius 1 is 1.44 bits per heavy atom. The van der Waals surface area contributed by atoms with Gasteiger partial charge in [-0.1, -0.05) is 13.3 Å². The lowest BCUT2D eigenvalue weighted by atomic mass is 10.1. The zero-order valence-electron chi connectivity index (χ0n) is 10.1. The first-order valence-corrected chi connectivity index (χ1v) is 6.33. The van der Waals surface area contributed by atoms with Crippen molar-refractivity contribution in [2.45, 2.75) is 45.2 Å². The SMILES string of the molecule is CCCCn1ccnc1N1CCC(N)CC1. The van der Waals surface area contributed by atoms with Crippen LogP contribution in [0.15, 0.2) is 12.4 Å². The second kappa shape index (κ2) is 5.34. The van der Waals surface area contributed by atoms with E-state index in [1.165, 1.54) is 12.8 Å². The van der Waals surface area contributed by atoms with Crippen LogP contribution in [0.2, 0.25) is 0 Å². The Kier molecular flexibility index (Phi) is 3.83. The predicted molar refractivity (Wildman–Crippen MR) is 66.6 cm³/mol. The highest BCUT2D eigenvalue weighted by molar-refractivity contribution is 5.32. The third-order valence-electron chi connectivity index (χ3n) is 3.27. The summed E-state index contributed by atoms with van der Waals surface area (Å²) in [5.74, 6) is 1.13. The second-order valence-electron chi connectivity index (χ2n) is 4.60. The van der Waals surface area contributed by atoms with Gasteiger partial charge in [-0.05, 0) is 19.3 Å². The molecular formula is C12H22N4. The van der Waals surface area contributed by atoms with Gasteiger partial charge in [-0.15, -0.1) is 0 Å². The van der Waals surface area contributed by atoms with Gasteiger partial charge in [0.2, 0.25) is 5.95 Å². The molecule has 0 atom stereocenters. The Hall–Kier alpha value is -1.03. The van der Waals surface area contributed by atoms with E-state index in [0.717, 1.165) is 38.4 Å². The zero-order chi connectivity index (χ0) is 11.4. The van der Waals surface area contributed by atoms with Gasteiger partial charge in [0.05, 0.1) is 0 Å². The average molecular weight is 222 g/mol. The second-order valence-corrected chi connectivity index (χ2v) is 4.60. The van der Waals surface area contributed by atoms with E-state index < -0.39 is 0 Å². The molecule has 1 aliphatic heterocycles. The molecule has 1 aromatic heterocycles. The number of anilines is 1. The Labute approximate surface area is 97.4 Å². The van der Waals surface area contributed by atoms with Crippen LogP contribution in [0.5, 0.6) is 0 Å². The van der Waals surface area contributed by atoms with Crippen LogP contribution in [0.25, 0.3) is 0 Å². The Balaban J connectivity index is 1.99. The van der Waals surface area contributed by atoms with E-state index in [0.29, 0.717) is 6.04 Å². The molecule has 4 heteroatoms. The van der Waals surface area contributed by atoms with Gasteiger partial charge in [-0.25, -0.2) is 4.98 Å². The molecule has 0 saturated carbocycles. The minimum atomic E-state index is 0.385. The molecule has 0 aliphatic carbocycles. The molecule has 1 aromatic rings. The molecule has 0 aromatic carbocycles. The lowest BCUT2D eigenvalue weighted by molar-refractivity contribution is 0.487. The van der Waals surface area contributed by atoms with Crippen LogP contribution in [0.3, 0.4) is 0 Å². The standard InChI is InChI=1S/C12H22N4/c1-2-3-7-15-10-6-14-12(15)16-8-4-11(13)5-9-16/h6,10-11H,2-5,7-9,13H2,1H3. The van der Waals surface area contributed by atoms with E-state index in [4.69, 9.17) is 5.73 Å². The maximum absolute atomic E-state index is 5.91. The van der Waals surface area contributed by atoms with E-state index in [-0.39, 0.29) is 0 Å². The van der Waals surface area contributed by atoms with Gasteiger partial charge in [0, 0.05) is 38.1 Å². The summed E-state index contributed by atoms with van der Waals surface area (Å²) in [6.07, 6.45) is 8.60. The monoisotopic (exact) mass is 222 g/mol. The summed E-state index contributed by atoms with van der Waals surface area (Å²) in [7, 11) is 0. The van der Waals surface area contributed by atoms with E-state index >= 15 is 0 Å². The molecule has 0 bridgehead atoms. The molecule has 2 rings (SSSR count). The number of hydrogen-bond acceptors (Lipinski definition) is 3. The van der Waals surface area contributed by atoms with Crippen LogP contribution < -0.4 is 10.6 Å². The number of piperidine rings is 1. The van der Waals surface area contributed by atoms with Crippen molar-refractivity contribution in [2.75, 3.05) is 18.0 Å². The Bertz CT molecular complexity index is 313. The van der Waals surface area contributed by atoms with Gasteiger partial charge in [0.15, 0.2) is 0 Å². The van der Waals surface area contributed by atoms with Crippen molar-refractivity contribution in [2.24, 2.45) is 5.73 Å².